The topological polar surface area (TPSA) is 93.4 Å². The first kappa shape index (κ1) is 13.7. The summed E-state index contributed by atoms with van der Waals surface area (Å²) in [5.41, 5.74) is 6.52. The Kier molecular flexibility index (Phi) is 3.42. The van der Waals surface area contributed by atoms with Crippen molar-refractivity contribution in [1.29, 1.82) is 0 Å². The van der Waals surface area contributed by atoms with Crippen molar-refractivity contribution in [3.05, 3.63) is 23.1 Å². The van der Waals surface area contributed by atoms with Gasteiger partial charge in [0.15, 0.2) is 0 Å². The Morgan fingerprint density at radius 1 is 1.52 bits per heavy atom. The lowest BCUT2D eigenvalue weighted by Gasteiger charge is -2.09. The van der Waals surface area contributed by atoms with Crippen LogP contribution in [0.3, 0.4) is 0 Å². The number of fused-ring (bicyclic) bond motifs is 1. The third-order valence-electron chi connectivity index (χ3n) is 3.45. The van der Waals surface area contributed by atoms with Crippen molar-refractivity contribution in [3.8, 4) is 5.75 Å². The van der Waals surface area contributed by atoms with Crippen molar-refractivity contribution < 1.29 is 14.3 Å². The molecule has 0 radical (unpaired) electrons. The smallest absolute Gasteiger partial charge is 0.263 e. The zero-order chi connectivity index (χ0) is 15.0. The molecule has 1 aliphatic heterocycles. The maximum atomic E-state index is 12.3. The van der Waals surface area contributed by atoms with Gasteiger partial charge in [-0.2, -0.15) is 0 Å². The molecule has 1 unspecified atom stereocenters. The van der Waals surface area contributed by atoms with Crippen molar-refractivity contribution in [2.24, 2.45) is 0 Å². The van der Waals surface area contributed by atoms with Gasteiger partial charge < -0.3 is 21.1 Å². The molecule has 21 heavy (non-hydrogen) atoms. The molecular weight excluding hydrogens is 290 g/mol. The molecule has 6 nitrogen and oxygen atoms in total. The molecule has 110 valence electrons. The van der Waals surface area contributed by atoms with Crippen LogP contribution in [-0.2, 0) is 4.79 Å². The van der Waals surface area contributed by atoms with Crippen LogP contribution in [0.1, 0.15) is 16.1 Å². The normalized spacial score (nSPS) is 17.8. The number of benzene rings is 1. The van der Waals surface area contributed by atoms with Crippen LogP contribution in [0, 0.1) is 0 Å². The summed E-state index contributed by atoms with van der Waals surface area (Å²) in [6, 6.07) is 5.34. The van der Waals surface area contributed by atoms with E-state index in [0.717, 1.165) is 15.8 Å². The Balaban J connectivity index is 1.87. The van der Waals surface area contributed by atoms with Crippen molar-refractivity contribution in [1.82, 2.24) is 10.6 Å². The van der Waals surface area contributed by atoms with E-state index in [1.807, 2.05) is 18.2 Å². The van der Waals surface area contributed by atoms with Crippen LogP contribution in [-0.4, -0.2) is 31.5 Å². The fourth-order valence-corrected chi connectivity index (χ4v) is 3.41. The number of amides is 2. The van der Waals surface area contributed by atoms with E-state index in [1.165, 1.54) is 11.3 Å². The van der Waals surface area contributed by atoms with E-state index in [9.17, 15) is 9.59 Å². The number of carbonyl (C=O) groups excluding carboxylic acids is 2. The van der Waals surface area contributed by atoms with Crippen LogP contribution in [0.4, 0.5) is 5.69 Å². The number of hydrogen-bond donors (Lipinski definition) is 3. The maximum Gasteiger partial charge on any atom is 0.263 e. The zero-order valence-electron chi connectivity index (χ0n) is 11.4. The van der Waals surface area contributed by atoms with Gasteiger partial charge in [-0.1, -0.05) is 0 Å². The number of nitrogens with two attached hydrogens (primary N) is 1. The van der Waals surface area contributed by atoms with Crippen molar-refractivity contribution in [3.63, 3.8) is 0 Å². The number of carbonyl (C=O) groups is 2. The molecule has 2 amide bonds. The van der Waals surface area contributed by atoms with Gasteiger partial charge in [0.05, 0.1) is 18.8 Å². The molecule has 1 saturated heterocycles. The Hall–Kier alpha value is -2.28. The van der Waals surface area contributed by atoms with Crippen LogP contribution in [0.2, 0.25) is 0 Å². The van der Waals surface area contributed by atoms with Gasteiger partial charge >= 0.3 is 0 Å². The summed E-state index contributed by atoms with van der Waals surface area (Å²) >= 11 is 1.32. The molecule has 0 saturated carbocycles. The average molecular weight is 305 g/mol. The molecule has 7 heteroatoms. The fraction of sp³-hybridized carbons (Fsp3) is 0.286. The van der Waals surface area contributed by atoms with E-state index in [-0.39, 0.29) is 17.9 Å². The number of methoxy groups -OCH3 is 1. The Labute approximate surface area is 125 Å². The molecule has 0 bridgehead atoms. The van der Waals surface area contributed by atoms with Crippen LogP contribution in [0.15, 0.2) is 18.2 Å². The van der Waals surface area contributed by atoms with Crippen LogP contribution in [0.25, 0.3) is 10.1 Å². The van der Waals surface area contributed by atoms with E-state index in [0.29, 0.717) is 23.5 Å². The summed E-state index contributed by atoms with van der Waals surface area (Å²) in [6.07, 6.45) is 0.310. The van der Waals surface area contributed by atoms with Gasteiger partial charge in [-0.05, 0) is 18.2 Å². The van der Waals surface area contributed by atoms with Gasteiger partial charge in [0, 0.05) is 23.1 Å². The summed E-state index contributed by atoms with van der Waals surface area (Å²) in [5, 5.41) is 6.36. The van der Waals surface area contributed by atoms with E-state index < -0.39 is 0 Å². The SMILES string of the molecule is COc1ccc2c(N)c(C(=O)NC3CNC(=O)C3)sc2c1. The summed E-state index contributed by atoms with van der Waals surface area (Å²) in [5.74, 6) is 0.435. The van der Waals surface area contributed by atoms with Gasteiger partial charge in [0.2, 0.25) is 5.91 Å². The summed E-state index contributed by atoms with van der Waals surface area (Å²) in [7, 11) is 1.59. The lowest BCUT2D eigenvalue weighted by atomic mass is 10.2. The minimum Gasteiger partial charge on any atom is -0.497 e. The van der Waals surface area contributed by atoms with Gasteiger partial charge in [0.25, 0.3) is 5.91 Å². The molecular formula is C14H15N3O3S. The van der Waals surface area contributed by atoms with Crippen LogP contribution < -0.4 is 21.1 Å². The van der Waals surface area contributed by atoms with Gasteiger partial charge in [0.1, 0.15) is 10.6 Å². The first-order chi connectivity index (χ1) is 10.1. The highest BCUT2D eigenvalue weighted by Crippen LogP contribution is 2.35. The van der Waals surface area contributed by atoms with Crippen molar-refractivity contribution in [2.75, 3.05) is 19.4 Å². The Morgan fingerprint density at radius 2 is 2.33 bits per heavy atom. The minimum absolute atomic E-state index is 0.0469. The van der Waals surface area contributed by atoms with Gasteiger partial charge in [-0.3, -0.25) is 9.59 Å². The number of rotatable bonds is 3. The number of ether oxygens (including phenoxy) is 1. The Bertz CT molecular complexity index is 726. The molecule has 1 atom stereocenters. The molecule has 1 aromatic heterocycles. The van der Waals surface area contributed by atoms with E-state index >= 15 is 0 Å². The number of nitrogens with one attached hydrogen (secondary N) is 2. The highest BCUT2D eigenvalue weighted by atomic mass is 32.1. The molecule has 1 aliphatic rings. The fourth-order valence-electron chi connectivity index (χ4n) is 2.35. The van der Waals surface area contributed by atoms with E-state index in [4.69, 9.17) is 10.5 Å². The third-order valence-corrected chi connectivity index (χ3v) is 4.62. The lowest BCUT2D eigenvalue weighted by molar-refractivity contribution is -0.119. The maximum absolute atomic E-state index is 12.3. The Morgan fingerprint density at radius 3 is 3.00 bits per heavy atom. The number of thiophene rings is 1. The second kappa shape index (κ2) is 5.25. The molecule has 2 aromatic rings. The number of hydrogen-bond acceptors (Lipinski definition) is 5. The molecule has 0 aliphatic carbocycles. The predicted octanol–water partition coefficient (Wildman–Crippen LogP) is 1.11. The van der Waals surface area contributed by atoms with E-state index in [1.54, 1.807) is 7.11 Å². The van der Waals surface area contributed by atoms with Crippen LogP contribution in [0.5, 0.6) is 5.75 Å². The molecule has 0 spiro atoms. The first-order valence-corrected chi connectivity index (χ1v) is 7.33. The summed E-state index contributed by atoms with van der Waals surface area (Å²) in [6.45, 7) is 0.462. The van der Waals surface area contributed by atoms with Gasteiger partial charge in [-0.25, -0.2) is 0 Å². The molecule has 3 rings (SSSR count). The zero-order valence-corrected chi connectivity index (χ0v) is 12.3. The average Bonchev–Trinajstić information content (AvgIpc) is 3.02. The second-order valence-corrected chi connectivity index (χ2v) is 5.94. The van der Waals surface area contributed by atoms with Crippen molar-refractivity contribution >= 4 is 38.9 Å². The van der Waals surface area contributed by atoms with Crippen molar-refractivity contribution in [2.45, 2.75) is 12.5 Å². The minimum atomic E-state index is -0.242. The first-order valence-electron chi connectivity index (χ1n) is 6.52. The standard InChI is InChI=1S/C14H15N3O3S/c1-20-8-2-3-9-10(5-8)21-13(12(9)15)14(19)17-7-4-11(18)16-6-7/h2-3,5,7H,4,6,15H2,1H3,(H,16,18)(H,17,19). The van der Waals surface area contributed by atoms with Crippen LogP contribution >= 0.6 is 11.3 Å². The molecule has 4 N–H and O–H groups in total. The second-order valence-electron chi connectivity index (χ2n) is 4.89. The van der Waals surface area contributed by atoms with Gasteiger partial charge in [-0.15, -0.1) is 11.3 Å². The molecule has 1 aromatic carbocycles. The molecule has 2 heterocycles. The highest BCUT2D eigenvalue weighted by Gasteiger charge is 2.25. The van der Waals surface area contributed by atoms with E-state index in [2.05, 4.69) is 10.6 Å². The monoisotopic (exact) mass is 305 g/mol. The highest BCUT2D eigenvalue weighted by molar-refractivity contribution is 7.21. The lowest BCUT2D eigenvalue weighted by Crippen LogP contribution is -2.36. The summed E-state index contributed by atoms with van der Waals surface area (Å²) < 4.78 is 6.07. The predicted molar refractivity (Wildman–Crippen MR) is 81.7 cm³/mol. The number of nitrogen functional groups attached to an aromatic ring is 1. The summed E-state index contributed by atoms with van der Waals surface area (Å²) in [4.78, 5) is 23.9. The third kappa shape index (κ3) is 2.52. The number of anilines is 1. The quantitative estimate of drug-likeness (QED) is 0.792. The largest absolute Gasteiger partial charge is 0.497 e. The molecule has 1 fully saturated rings.